The van der Waals surface area contributed by atoms with Gasteiger partial charge in [-0.1, -0.05) is 28.1 Å². The van der Waals surface area contributed by atoms with Gasteiger partial charge in [-0.05, 0) is 49.2 Å². The highest BCUT2D eigenvalue weighted by molar-refractivity contribution is 9.10. The zero-order chi connectivity index (χ0) is 14.0. The van der Waals surface area contributed by atoms with Gasteiger partial charge in [0.25, 0.3) is 5.91 Å². The monoisotopic (exact) mass is 319 g/mol. The maximum Gasteiger partial charge on any atom is 0.255 e. The number of carbonyl (C=O) groups is 1. The smallest absolute Gasteiger partial charge is 0.255 e. The molecule has 2 N–H and O–H groups in total. The molecule has 0 aliphatic heterocycles. The molecular formula is C15H14BrNO2. The number of anilines is 1. The number of hydrogen-bond donors (Lipinski definition) is 2. The van der Waals surface area contributed by atoms with Crippen molar-refractivity contribution in [3.8, 4) is 5.75 Å². The van der Waals surface area contributed by atoms with E-state index in [0.717, 1.165) is 21.3 Å². The fourth-order valence-electron chi connectivity index (χ4n) is 1.67. The highest BCUT2D eigenvalue weighted by Gasteiger charge is 2.09. The van der Waals surface area contributed by atoms with Crippen molar-refractivity contribution >= 4 is 27.5 Å². The normalized spacial score (nSPS) is 10.3. The van der Waals surface area contributed by atoms with Crippen LogP contribution in [0.5, 0.6) is 5.75 Å². The molecule has 2 aromatic carbocycles. The van der Waals surface area contributed by atoms with Crippen LogP contribution in [0.15, 0.2) is 40.9 Å². The number of hydrogen-bond acceptors (Lipinski definition) is 2. The summed E-state index contributed by atoms with van der Waals surface area (Å²) in [5.74, 6) is -0.116. The zero-order valence-electron chi connectivity index (χ0n) is 10.7. The van der Waals surface area contributed by atoms with Gasteiger partial charge in [0.15, 0.2) is 0 Å². The van der Waals surface area contributed by atoms with Crippen molar-refractivity contribution < 1.29 is 9.90 Å². The molecule has 3 nitrogen and oxygen atoms in total. The van der Waals surface area contributed by atoms with Gasteiger partial charge in [-0.15, -0.1) is 0 Å². The van der Waals surface area contributed by atoms with E-state index in [-0.39, 0.29) is 11.7 Å². The summed E-state index contributed by atoms with van der Waals surface area (Å²) in [5.41, 5.74) is 2.91. The van der Waals surface area contributed by atoms with Crippen LogP contribution in [0.25, 0.3) is 0 Å². The van der Waals surface area contributed by atoms with E-state index >= 15 is 0 Å². The van der Waals surface area contributed by atoms with Gasteiger partial charge in [0.1, 0.15) is 5.75 Å². The molecule has 19 heavy (non-hydrogen) atoms. The Bertz CT molecular complexity index is 638. The molecule has 0 aliphatic rings. The van der Waals surface area contributed by atoms with Crippen molar-refractivity contribution in [3.63, 3.8) is 0 Å². The number of phenolic OH excluding ortho intramolecular Hbond substituents is 1. The van der Waals surface area contributed by atoms with Crippen LogP contribution in [0.4, 0.5) is 5.69 Å². The van der Waals surface area contributed by atoms with E-state index in [1.165, 1.54) is 6.07 Å². The molecule has 0 spiro atoms. The van der Waals surface area contributed by atoms with Crippen LogP contribution in [0.3, 0.4) is 0 Å². The van der Waals surface area contributed by atoms with Crippen LogP contribution in [0.2, 0.25) is 0 Å². The minimum absolute atomic E-state index is 0.124. The number of nitrogens with one attached hydrogen (secondary N) is 1. The molecule has 0 atom stereocenters. The van der Waals surface area contributed by atoms with E-state index in [4.69, 9.17) is 0 Å². The van der Waals surface area contributed by atoms with Gasteiger partial charge in [-0.2, -0.15) is 0 Å². The SMILES string of the molecule is Cc1ccc(C(=O)Nc2cc(Br)ccc2C)cc1O. The first-order chi connectivity index (χ1) is 8.97. The van der Waals surface area contributed by atoms with E-state index in [9.17, 15) is 9.90 Å². The van der Waals surface area contributed by atoms with Crippen molar-refractivity contribution in [2.75, 3.05) is 5.32 Å². The first kappa shape index (κ1) is 13.6. The summed E-state index contributed by atoms with van der Waals surface area (Å²) in [4.78, 5) is 12.1. The topological polar surface area (TPSA) is 49.3 Å². The average Bonchev–Trinajstić information content (AvgIpc) is 2.37. The third-order valence-electron chi connectivity index (χ3n) is 2.92. The second-order valence-electron chi connectivity index (χ2n) is 4.41. The van der Waals surface area contributed by atoms with Crippen LogP contribution in [0, 0.1) is 13.8 Å². The minimum atomic E-state index is -0.239. The second-order valence-corrected chi connectivity index (χ2v) is 5.33. The molecular weight excluding hydrogens is 306 g/mol. The van der Waals surface area contributed by atoms with E-state index in [0.29, 0.717) is 5.56 Å². The van der Waals surface area contributed by atoms with Gasteiger partial charge < -0.3 is 10.4 Å². The van der Waals surface area contributed by atoms with Crippen molar-refractivity contribution in [1.29, 1.82) is 0 Å². The standard InChI is InChI=1S/C15H14BrNO2/c1-9-4-6-12(16)8-13(9)17-15(19)11-5-3-10(2)14(18)7-11/h3-8,18H,1-2H3,(H,17,19). The maximum absolute atomic E-state index is 12.1. The van der Waals surface area contributed by atoms with Gasteiger partial charge in [0, 0.05) is 15.7 Å². The van der Waals surface area contributed by atoms with Crippen molar-refractivity contribution in [2.45, 2.75) is 13.8 Å². The predicted octanol–water partition coefficient (Wildman–Crippen LogP) is 4.02. The van der Waals surface area contributed by atoms with Crippen LogP contribution >= 0.6 is 15.9 Å². The number of halogens is 1. The Morgan fingerprint density at radius 1 is 1.11 bits per heavy atom. The van der Waals surface area contributed by atoms with Gasteiger partial charge in [0.2, 0.25) is 0 Å². The van der Waals surface area contributed by atoms with Gasteiger partial charge >= 0.3 is 0 Å². The second kappa shape index (κ2) is 5.45. The summed E-state index contributed by atoms with van der Waals surface area (Å²) in [7, 11) is 0. The lowest BCUT2D eigenvalue weighted by Gasteiger charge is -2.09. The number of phenols is 1. The lowest BCUT2D eigenvalue weighted by Crippen LogP contribution is -2.12. The van der Waals surface area contributed by atoms with E-state index < -0.39 is 0 Å². The maximum atomic E-state index is 12.1. The summed E-state index contributed by atoms with van der Waals surface area (Å²) in [6.45, 7) is 3.71. The Morgan fingerprint density at radius 3 is 2.47 bits per heavy atom. The quantitative estimate of drug-likeness (QED) is 0.878. The third kappa shape index (κ3) is 3.15. The predicted molar refractivity (Wildman–Crippen MR) is 79.7 cm³/mol. The largest absolute Gasteiger partial charge is 0.508 e. The minimum Gasteiger partial charge on any atom is -0.508 e. The number of aromatic hydroxyl groups is 1. The van der Waals surface area contributed by atoms with Gasteiger partial charge in [-0.3, -0.25) is 4.79 Å². The molecule has 0 fully saturated rings. The number of rotatable bonds is 2. The molecule has 2 rings (SSSR count). The Labute approximate surface area is 120 Å². The number of carbonyl (C=O) groups excluding carboxylic acids is 1. The summed E-state index contributed by atoms with van der Waals surface area (Å²) < 4.78 is 0.903. The molecule has 0 saturated heterocycles. The van der Waals surface area contributed by atoms with Crippen LogP contribution in [0.1, 0.15) is 21.5 Å². The molecule has 0 heterocycles. The molecule has 0 aromatic heterocycles. The summed E-state index contributed by atoms with van der Waals surface area (Å²) in [5, 5.41) is 12.5. The number of amides is 1. The lowest BCUT2D eigenvalue weighted by atomic mass is 10.1. The Morgan fingerprint density at radius 2 is 1.79 bits per heavy atom. The van der Waals surface area contributed by atoms with Gasteiger partial charge in [0.05, 0.1) is 0 Å². The molecule has 4 heteroatoms. The fourth-order valence-corrected chi connectivity index (χ4v) is 2.04. The van der Waals surface area contributed by atoms with E-state index in [1.54, 1.807) is 19.1 Å². The van der Waals surface area contributed by atoms with Crippen molar-refractivity contribution in [3.05, 3.63) is 57.6 Å². The van der Waals surface area contributed by atoms with Crippen molar-refractivity contribution in [1.82, 2.24) is 0 Å². The van der Waals surface area contributed by atoms with Crippen LogP contribution < -0.4 is 5.32 Å². The number of aryl methyl sites for hydroxylation is 2. The van der Waals surface area contributed by atoms with Crippen LogP contribution in [-0.4, -0.2) is 11.0 Å². The lowest BCUT2D eigenvalue weighted by molar-refractivity contribution is 0.102. The summed E-state index contributed by atoms with van der Waals surface area (Å²) in [6.07, 6.45) is 0. The molecule has 0 unspecified atom stereocenters. The first-order valence-corrected chi connectivity index (χ1v) is 6.64. The zero-order valence-corrected chi connectivity index (χ0v) is 12.3. The third-order valence-corrected chi connectivity index (χ3v) is 3.41. The number of benzene rings is 2. The highest BCUT2D eigenvalue weighted by atomic mass is 79.9. The Balaban J connectivity index is 2.25. The molecule has 0 bridgehead atoms. The first-order valence-electron chi connectivity index (χ1n) is 5.84. The van der Waals surface area contributed by atoms with Crippen LogP contribution in [-0.2, 0) is 0 Å². The van der Waals surface area contributed by atoms with E-state index in [2.05, 4.69) is 21.2 Å². The summed E-state index contributed by atoms with van der Waals surface area (Å²) >= 11 is 3.37. The molecule has 2 aromatic rings. The molecule has 0 saturated carbocycles. The highest BCUT2D eigenvalue weighted by Crippen LogP contribution is 2.22. The molecule has 98 valence electrons. The average molecular weight is 320 g/mol. The molecule has 0 radical (unpaired) electrons. The van der Waals surface area contributed by atoms with Gasteiger partial charge in [-0.25, -0.2) is 0 Å². The van der Waals surface area contributed by atoms with E-state index in [1.807, 2.05) is 25.1 Å². The van der Waals surface area contributed by atoms with Crippen molar-refractivity contribution in [2.24, 2.45) is 0 Å². The molecule has 0 aliphatic carbocycles. The Kier molecular flexibility index (Phi) is 3.90. The Hall–Kier alpha value is -1.81. The summed E-state index contributed by atoms with van der Waals surface area (Å²) in [6, 6.07) is 10.6. The molecule has 1 amide bonds. The fraction of sp³-hybridized carbons (Fsp3) is 0.133.